The lowest BCUT2D eigenvalue weighted by Crippen LogP contribution is -2.41. The van der Waals surface area contributed by atoms with Crippen molar-refractivity contribution in [3.63, 3.8) is 0 Å². The van der Waals surface area contributed by atoms with Gasteiger partial charge in [-0.2, -0.15) is 9.98 Å². The maximum atomic E-state index is 12.5. The van der Waals surface area contributed by atoms with Gasteiger partial charge in [0.1, 0.15) is 11.8 Å². The number of nitrogens with zero attached hydrogens (tertiary/aromatic N) is 2. The van der Waals surface area contributed by atoms with Crippen molar-refractivity contribution in [3.8, 4) is 11.8 Å². The molecule has 0 aromatic heterocycles. The molecule has 0 radical (unpaired) electrons. The lowest BCUT2D eigenvalue weighted by atomic mass is 10.2. The molecule has 0 aliphatic rings. The smallest absolute Gasteiger partial charge is 0.324 e. The van der Waals surface area contributed by atoms with Crippen molar-refractivity contribution in [2.75, 3.05) is 25.2 Å². The molecule has 31 heavy (non-hydrogen) atoms. The molecular formula is C21H23N3O6S. The number of esters is 1. The topological polar surface area (TPSA) is 126 Å². The Morgan fingerprint density at radius 3 is 2.35 bits per heavy atom. The van der Waals surface area contributed by atoms with E-state index in [1.54, 1.807) is 30.3 Å². The second-order valence-electron chi connectivity index (χ2n) is 6.42. The molecule has 0 heterocycles. The zero-order valence-corrected chi connectivity index (χ0v) is 18.0. The van der Waals surface area contributed by atoms with Gasteiger partial charge in [-0.3, -0.25) is 9.59 Å². The minimum atomic E-state index is -3.98. The lowest BCUT2D eigenvalue weighted by Gasteiger charge is -2.22. The third-order valence-corrected chi connectivity index (χ3v) is 5.77. The number of carbonyl (C=O) groups excluding carboxylic acids is 2. The Hall–Kier alpha value is -3.42. The Morgan fingerprint density at radius 2 is 1.77 bits per heavy atom. The van der Waals surface area contributed by atoms with Crippen LogP contribution in [0.15, 0.2) is 59.5 Å². The number of anilines is 1. The number of benzene rings is 2. The van der Waals surface area contributed by atoms with Crippen LogP contribution in [-0.4, -0.2) is 46.6 Å². The first kappa shape index (κ1) is 23.9. The molecule has 2 aromatic rings. The summed E-state index contributed by atoms with van der Waals surface area (Å²) in [5.41, 5.74) is 0.562. The highest BCUT2D eigenvalue weighted by Gasteiger charge is 2.25. The Morgan fingerprint density at radius 1 is 1.13 bits per heavy atom. The number of hydrogen-bond acceptors (Lipinski definition) is 7. The van der Waals surface area contributed by atoms with E-state index in [4.69, 9.17) is 14.7 Å². The summed E-state index contributed by atoms with van der Waals surface area (Å²) in [7, 11) is -2.52. The molecule has 0 spiro atoms. The monoisotopic (exact) mass is 445 g/mol. The molecular weight excluding hydrogens is 422 g/mol. The van der Waals surface area contributed by atoms with Crippen LogP contribution in [-0.2, 0) is 24.3 Å². The van der Waals surface area contributed by atoms with Gasteiger partial charge in [-0.05, 0) is 43.3 Å². The van der Waals surface area contributed by atoms with Gasteiger partial charge in [0.25, 0.3) is 5.91 Å². The Labute approximate surface area is 181 Å². The van der Waals surface area contributed by atoms with Crippen LogP contribution in [0.1, 0.15) is 13.3 Å². The van der Waals surface area contributed by atoms with Crippen molar-refractivity contribution in [2.24, 2.45) is 0 Å². The molecule has 0 unspecified atom stereocenters. The van der Waals surface area contributed by atoms with Gasteiger partial charge in [-0.25, -0.2) is 8.42 Å². The van der Waals surface area contributed by atoms with Crippen molar-refractivity contribution in [2.45, 2.75) is 24.3 Å². The largest absolute Gasteiger partial charge is 0.497 e. The molecule has 164 valence electrons. The molecule has 0 saturated carbocycles. The van der Waals surface area contributed by atoms with Crippen molar-refractivity contribution < 1.29 is 27.5 Å². The molecule has 9 nitrogen and oxygen atoms in total. The first-order chi connectivity index (χ1) is 14.8. The number of ether oxygens (including phenoxy) is 2. The lowest BCUT2D eigenvalue weighted by molar-refractivity contribution is -0.149. The predicted octanol–water partition coefficient (Wildman–Crippen LogP) is 1.85. The minimum absolute atomic E-state index is 0.0456. The van der Waals surface area contributed by atoms with E-state index >= 15 is 0 Å². The molecule has 1 atom stereocenters. The van der Waals surface area contributed by atoms with Crippen LogP contribution in [0.2, 0.25) is 0 Å². The van der Waals surface area contributed by atoms with Crippen molar-refractivity contribution in [1.82, 2.24) is 4.72 Å². The highest BCUT2D eigenvalue weighted by molar-refractivity contribution is 7.89. The number of hydrogen-bond donors (Lipinski definition) is 1. The van der Waals surface area contributed by atoms with Crippen molar-refractivity contribution in [3.05, 3.63) is 54.6 Å². The Bertz CT molecular complexity index is 1030. The minimum Gasteiger partial charge on any atom is -0.497 e. The first-order valence-electron chi connectivity index (χ1n) is 9.34. The summed E-state index contributed by atoms with van der Waals surface area (Å²) < 4.78 is 37.1. The highest BCUT2D eigenvalue weighted by Crippen LogP contribution is 2.16. The number of sulfonamides is 1. The summed E-state index contributed by atoms with van der Waals surface area (Å²) in [5, 5.41) is 8.82. The molecule has 0 aliphatic heterocycles. The fourth-order valence-electron chi connectivity index (χ4n) is 2.61. The number of nitrogens with one attached hydrogen (secondary N) is 1. The molecule has 0 bridgehead atoms. The number of carbonyl (C=O) groups is 2. The number of rotatable bonds is 10. The molecule has 0 aliphatic carbocycles. The molecule has 0 fully saturated rings. The normalized spacial score (nSPS) is 11.8. The van der Waals surface area contributed by atoms with Crippen molar-refractivity contribution >= 4 is 27.6 Å². The summed E-state index contributed by atoms with van der Waals surface area (Å²) in [4.78, 5) is 26.1. The predicted molar refractivity (Wildman–Crippen MR) is 113 cm³/mol. The summed E-state index contributed by atoms with van der Waals surface area (Å²) in [6.45, 7) is 0.864. The SMILES string of the molecule is COc1ccc(S(=O)(=O)N[C@@H](C)C(=O)OCC(=O)N(CCC#N)c2ccccc2)cc1. The standard InChI is InChI=1S/C21H23N3O6S/c1-16(23-31(27,28)19-11-9-18(29-2)10-12-19)21(26)30-15-20(25)24(14-6-13-22)17-7-4-3-5-8-17/h3-5,7-12,16,23H,6,14-15H2,1-2H3/t16-/m0/s1. The van der Waals surface area contributed by atoms with Gasteiger partial charge in [0.2, 0.25) is 10.0 Å². The van der Waals surface area contributed by atoms with Crippen LogP contribution in [0.25, 0.3) is 0 Å². The van der Waals surface area contributed by atoms with Crippen LogP contribution in [0.3, 0.4) is 0 Å². The number of nitriles is 1. The fraction of sp³-hybridized carbons (Fsp3) is 0.286. The fourth-order valence-corrected chi connectivity index (χ4v) is 3.80. The van der Waals surface area contributed by atoms with Gasteiger partial charge in [-0.15, -0.1) is 0 Å². The van der Waals surface area contributed by atoms with E-state index in [9.17, 15) is 18.0 Å². The average molecular weight is 445 g/mol. The Kier molecular flexibility index (Phi) is 8.54. The summed E-state index contributed by atoms with van der Waals surface area (Å²) >= 11 is 0. The first-order valence-corrected chi connectivity index (χ1v) is 10.8. The van der Waals surface area contributed by atoms with E-state index in [1.165, 1.54) is 43.2 Å². The van der Waals surface area contributed by atoms with Gasteiger partial charge in [0.15, 0.2) is 6.61 Å². The maximum absolute atomic E-state index is 12.5. The van der Waals surface area contributed by atoms with E-state index in [1.807, 2.05) is 6.07 Å². The van der Waals surface area contributed by atoms with Crippen LogP contribution in [0.4, 0.5) is 5.69 Å². The summed E-state index contributed by atoms with van der Waals surface area (Å²) in [6.07, 6.45) is 0.104. The molecule has 2 aromatic carbocycles. The maximum Gasteiger partial charge on any atom is 0.324 e. The second-order valence-corrected chi connectivity index (χ2v) is 8.13. The number of para-hydroxylation sites is 1. The average Bonchev–Trinajstić information content (AvgIpc) is 2.78. The Balaban J connectivity index is 1.98. The highest BCUT2D eigenvalue weighted by atomic mass is 32.2. The molecule has 1 amide bonds. The third kappa shape index (κ3) is 6.80. The van der Waals surface area contributed by atoms with Crippen molar-refractivity contribution in [1.29, 1.82) is 5.26 Å². The van der Waals surface area contributed by atoms with Gasteiger partial charge >= 0.3 is 5.97 Å². The van der Waals surface area contributed by atoms with E-state index in [-0.39, 0.29) is 17.9 Å². The summed E-state index contributed by atoms with van der Waals surface area (Å²) in [6, 6.07) is 15.1. The molecule has 2 rings (SSSR count). The van der Waals surface area contributed by atoms with Crippen LogP contribution in [0, 0.1) is 11.3 Å². The van der Waals surface area contributed by atoms with Crippen LogP contribution < -0.4 is 14.4 Å². The zero-order chi connectivity index (χ0) is 22.9. The second kappa shape index (κ2) is 11.1. The number of methoxy groups -OCH3 is 1. The quantitative estimate of drug-likeness (QED) is 0.553. The van der Waals surface area contributed by atoms with E-state index in [0.29, 0.717) is 11.4 Å². The van der Waals surface area contributed by atoms with Gasteiger partial charge in [0.05, 0.1) is 24.5 Å². The van der Waals surface area contributed by atoms with E-state index in [0.717, 1.165) is 0 Å². The third-order valence-electron chi connectivity index (χ3n) is 4.21. The van der Waals surface area contributed by atoms with Crippen LogP contribution >= 0.6 is 0 Å². The van der Waals surface area contributed by atoms with Gasteiger partial charge < -0.3 is 14.4 Å². The number of amides is 1. The zero-order valence-electron chi connectivity index (χ0n) is 17.1. The van der Waals surface area contributed by atoms with E-state index in [2.05, 4.69) is 4.72 Å². The van der Waals surface area contributed by atoms with Gasteiger partial charge in [-0.1, -0.05) is 18.2 Å². The molecule has 10 heteroatoms. The molecule has 1 N–H and O–H groups in total. The van der Waals surface area contributed by atoms with Crippen LogP contribution in [0.5, 0.6) is 5.75 Å². The molecule has 0 saturated heterocycles. The van der Waals surface area contributed by atoms with Gasteiger partial charge in [0, 0.05) is 12.2 Å². The van der Waals surface area contributed by atoms with E-state index < -0.39 is 34.5 Å². The summed E-state index contributed by atoms with van der Waals surface area (Å²) in [5.74, 6) is -0.942.